The standard InChI is InChI=1S/C18H26F2O2/c1-2-3-4-5-6-7-8-9-13-22-18(21)16-12-10-11-15(14-16)17(19)20/h10-12,14,17H,2-9,13H2,1H3. The lowest BCUT2D eigenvalue weighted by Crippen LogP contribution is -2.07. The molecule has 1 rings (SSSR count). The fourth-order valence-corrected chi connectivity index (χ4v) is 2.29. The van der Waals surface area contributed by atoms with E-state index in [1.165, 1.54) is 56.4 Å². The normalized spacial score (nSPS) is 10.9. The third kappa shape index (κ3) is 7.53. The summed E-state index contributed by atoms with van der Waals surface area (Å²) in [6.45, 7) is 2.55. The van der Waals surface area contributed by atoms with E-state index in [9.17, 15) is 13.6 Å². The van der Waals surface area contributed by atoms with Gasteiger partial charge in [-0.15, -0.1) is 0 Å². The molecule has 1 aromatic carbocycles. The number of esters is 1. The number of carbonyl (C=O) groups excluding carboxylic acids is 1. The summed E-state index contributed by atoms with van der Waals surface area (Å²) in [7, 11) is 0. The van der Waals surface area contributed by atoms with Crippen LogP contribution >= 0.6 is 0 Å². The number of alkyl halides is 2. The van der Waals surface area contributed by atoms with Crippen LogP contribution < -0.4 is 0 Å². The van der Waals surface area contributed by atoms with Crippen LogP contribution in [0.15, 0.2) is 24.3 Å². The van der Waals surface area contributed by atoms with Crippen LogP contribution in [0.2, 0.25) is 0 Å². The maximum Gasteiger partial charge on any atom is 0.338 e. The summed E-state index contributed by atoms with van der Waals surface area (Å²) < 4.78 is 30.2. The molecule has 1 aromatic rings. The summed E-state index contributed by atoms with van der Waals surface area (Å²) in [6.07, 6.45) is 6.80. The molecule has 0 amide bonds. The maximum absolute atomic E-state index is 12.6. The largest absolute Gasteiger partial charge is 0.462 e. The minimum absolute atomic E-state index is 0.151. The summed E-state index contributed by atoms with van der Waals surface area (Å²) in [5.41, 5.74) is 0.0406. The van der Waals surface area contributed by atoms with E-state index >= 15 is 0 Å². The third-order valence-corrected chi connectivity index (χ3v) is 3.61. The van der Waals surface area contributed by atoms with Crippen molar-refractivity contribution in [1.29, 1.82) is 0 Å². The van der Waals surface area contributed by atoms with Gasteiger partial charge in [0.25, 0.3) is 6.43 Å². The molecule has 0 atom stereocenters. The van der Waals surface area contributed by atoms with E-state index in [0.717, 1.165) is 19.3 Å². The van der Waals surface area contributed by atoms with Crippen LogP contribution in [0, 0.1) is 0 Å². The molecule has 2 nitrogen and oxygen atoms in total. The van der Waals surface area contributed by atoms with Crippen molar-refractivity contribution in [2.75, 3.05) is 6.61 Å². The average Bonchev–Trinajstić information content (AvgIpc) is 2.53. The molecule has 0 bridgehead atoms. The molecule has 0 saturated carbocycles. The molecule has 0 saturated heterocycles. The summed E-state index contributed by atoms with van der Waals surface area (Å²) in [6, 6.07) is 5.46. The van der Waals surface area contributed by atoms with Crippen molar-refractivity contribution in [2.45, 2.75) is 64.7 Å². The predicted octanol–water partition coefficient (Wildman–Crippen LogP) is 5.92. The van der Waals surface area contributed by atoms with E-state index < -0.39 is 12.4 Å². The number of carbonyl (C=O) groups is 1. The molecule has 0 aromatic heterocycles. The summed E-state index contributed by atoms with van der Waals surface area (Å²) in [5, 5.41) is 0. The van der Waals surface area contributed by atoms with Gasteiger partial charge in [0.05, 0.1) is 12.2 Å². The number of hydrogen-bond donors (Lipinski definition) is 0. The highest BCUT2D eigenvalue weighted by Crippen LogP contribution is 2.19. The molecule has 0 radical (unpaired) electrons. The first kappa shape index (κ1) is 18.6. The minimum atomic E-state index is -2.57. The number of unbranched alkanes of at least 4 members (excludes halogenated alkanes) is 7. The zero-order chi connectivity index (χ0) is 16.2. The Bertz CT molecular complexity index is 433. The average molecular weight is 312 g/mol. The quantitative estimate of drug-likeness (QED) is 0.374. The van der Waals surface area contributed by atoms with Gasteiger partial charge >= 0.3 is 5.97 Å². The number of halogens is 2. The molecule has 0 N–H and O–H groups in total. The van der Waals surface area contributed by atoms with Gasteiger partial charge in [0.1, 0.15) is 0 Å². The molecular weight excluding hydrogens is 286 g/mol. The number of benzene rings is 1. The summed E-state index contributed by atoms with van der Waals surface area (Å²) >= 11 is 0. The van der Waals surface area contributed by atoms with Crippen molar-refractivity contribution < 1.29 is 18.3 Å². The van der Waals surface area contributed by atoms with E-state index in [1.807, 2.05) is 0 Å². The van der Waals surface area contributed by atoms with Gasteiger partial charge < -0.3 is 4.74 Å². The van der Waals surface area contributed by atoms with Crippen molar-refractivity contribution in [2.24, 2.45) is 0 Å². The number of ether oxygens (including phenoxy) is 1. The van der Waals surface area contributed by atoms with E-state index in [-0.39, 0.29) is 11.1 Å². The van der Waals surface area contributed by atoms with E-state index in [0.29, 0.717) is 6.61 Å². The zero-order valence-electron chi connectivity index (χ0n) is 13.3. The van der Waals surface area contributed by atoms with E-state index in [1.54, 1.807) is 0 Å². The topological polar surface area (TPSA) is 26.3 Å². The molecule has 0 spiro atoms. The van der Waals surface area contributed by atoms with Gasteiger partial charge in [0.2, 0.25) is 0 Å². The van der Waals surface area contributed by atoms with E-state index in [2.05, 4.69) is 6.92 Å². The van der Waals surface area contributed by atoms with E-state index in [4.69, 9.17) is 4.74 Å². The molecular formula is C18H26F2O2. The highest BCUT2D eigenvalue weighted by molar-refractivity contribution is 5.89. The maximum atomic E-state index is 12.6. The molecule has 0 aliphatic heterocycles. The Morgan fingerprint density at radius 2 is 1.68 bits per heavy atom. The van der Waals surface area contributed by atoms with Crippen LogP contribution in [-0.4, -0.2) is 12.6 Å². The van der Waals surface area contributed by atoms with Gasteiger partial charge in [0.15, 0.2) is 0 Å². The zero-order valence-corrected chi connectivity index (χ0v) is 13.3. The first-order valence-electron chi connectivity index (χ1n) is 8.20. The first-order chi connectivity index (χ1) is 10.6. The molecule has 0 heterocycles. The fraction of sp³-hybridized carbons (Fsp3) is 0.611. The van der Waals surface area contributed by atoms with Gasteiger partial charge in [-0.1, -0.05) is 64.0 Å². The van der Waals surface area contributed by atoms with Gasteiger partial charge in [0, 0.05) is 5.56 Å². The smallest absolute Gasteiger partial charge is 0.338 e. The van der Waals surface area contributed by atoms with Crippen LogP contribution in [0.5, 0.6) is 0 Å². The Labute approximate surface area is 131 Å². The van der Waals surface area contributed by atoms with Crippen LogP contribution in [-0.2, 0) is 4.74 Å². The number of rotatable bonds is 11. The molecule has 0 fully saturated rings. The van der Waals surface area contributed by atoms with Crippen LogP contribution in [0.4, 0.5) is 8.78 Å². The molecule has 0 unspecified atom stereocenters. The van der Waals surface area contributed by atoms with Gasteiger partial charge in [-0.25, -0.2) is 13.6 Å². The Morgan fingerprint density at radius 1 is 1.05 bits per heavy atom. The Hall–Kier alpha value is -1.45. The van der Waals surface area contributed by atoms with Crippen LogP contribution in [0.25, 0.3) is 0 Å². The highest BCUT2D eigenvalue weighted by atomic mass is 19.3. The molecule has 0 aliphatic carbocycles. The van der Waals surface area contributed by atoms with Crippen molar-refractivity contribution >= 4 is 5.97 Å². The lowest BCUT2D eigenvalue weighted by atomic mass is 10.1. The van der Waals surface area contributed by atoms with Gasteiger partial charge in [-0.3, -0.25) is 0 Å². The lowest BCUT2D eigenvalue weighted by Gasteiger charge is -2.06. The Kier molecular flexibility index (Phi) is 9.44. The number of hydrogen-bond acceptors (Lipinski definition) is 2. The van der Waals surface area contributed by atoms with Crippen molar-refractivity contribution in [1.82, 2.24) is 0 Å². The summed E-state index contributed by atoms with van der Waals surface area (Å²) in [5.74, 6) is -0.523. The third-order valence-electron chi connectivity index (χ3n) is 3.61. The first-order valence-corrected chi connectivity index (χ1v) is 8.20. The van der Waals surface area contributed by atoms with Crippen LogP contribution in [0.1, 0.15) is 80.6 Å². The highest BCUT2D eigenvalue weighted by Gasteiger charge is 2.12. The molecule has 22 heavy (non-hydrogen) atoms. The van der Waals surface area contributed by atoms with Gasteiger partial charge in [-0.2, -0.15) is 0 Å². The van der Waals surface area contributed by atoms with Crippen molar-refractivity contribution in [3.8, 4) is 0 Å². The second kappa shape index (κ2) is 11.2. The Balaban J connectivity index is 2.14. The molecule has 0 aliphatic rings. The molecule has 124 valence electrons. The predicted molar refractivity (Wildman–Crippen MR) is 84.3 cm³/mol. The second-order valence-electron chi connectivity index (χ2n) is 5.54. The second-order valence-corrected chi connectivity index (χ2v) is 5.54. The summed E-state index contributed by atoms with van der Waals surface area (Å²) in [4.78, 5) is 11.8. The van der Waals surface area contributed by atoms with Crippen LogP contribution in [0.3, 0.4) is 0 Å². The fourth-order valence-electron chi connectivity index (χ4n) is 2.29. The lowest BCUT2D eigenvalue weighted by molar-refractivity contribution is 0.0497. The Morgan fingerprint density at radius 3 is 2.32 bits per heavy atom. The van der Waals surface area contributed by atoms with Gasteiger partial charge in [-0.05, 0) is 18.6 Å². The minimum Gasteiger partial charge on any atom is -0.462 e. The van der Waals surface area contributed by atoms with Crippen molar-refractivity contribution in [3.05, 3.63) is 35.4 Å². The molecule has 4 heteroatoms. The van der Waals surface area contributed by atoms with Crippen molar-refractivity contribution in [3.63, 3.8) is 0 Å². The SMILES string of the molecule is CCCCCCCCCCOC(=O)c1cccc(C(F)F)c1. The monoisotopic (exact) mass is 312 g/mol.